The van der Waals surface area contributed by atoms with E-state index in [1.807, 2.05) is 0 Å². The van der Waals surface area contributed by atoms with Crippen molar-refractivity contribution in [3.8, 4) is 0 Å². The highest BCUT2D eigenvalue weighted by molar-refractivity contribution is 5.88. The minimum atomic E-state index is -1.01. The predicted molar refractivity (Wildman–Crippen MR) is 69.2 cm³/mol. The second-order valence-corrected chi connectivity index (χ2v) is 4.29. The first kappa shape index (κ1) is 12.2. The molecule has 0 unspecified atom stereocenters. The first-order valence-corrected chi connectivity index (χ1v) is 5.80. The smallest absolute Gasteiger partial charge is 0.339 e. The van der Waals surface area contributed by atoms with E-state index in [0.29, 0.717) is 35.0 Å². The number of aryl methyl sites for hydroxylation is 1. The van der Waals surface area contributed by atoms with E-state index < -0.39 is 5.97 Å². The molecular weight excluding hydrogens is 262 g/mol. The molecule has 0 fully saturated rings. The summed E-state index contributed by atoms with van der Waals surface area (Å²) >= 11 is 0. The van der Waals surface area contributed by atoms with Crippen molar-refractivity contribution in [2.24, 2.45) is 0 Å². The number of nitrogens with zero attached hydrogens (tertiary/aromatic N) is 4. The fraction of sp³-hybridized carbons (Fsp3) is 0.167. The Morgan fingerprint density at radius 2 is 2.25 bits per heavy atom. The molecule has 0 aliphatic heterocycles. The van der Waals surface area contributed by atoms with Gasteiger partial charge in [-0.1, -0.05) is 0 Å². The molecule has 20 heavy (non-hydrogen) atoms. The first-order chi connectivity index (χ1) is 9.56. The molecule has 0 bridgehead atoms. The molecule has 3 rings (SSSR count). The maximum atomic E-state index is 11.0. The van der Waals surface area contributed by atoms with Crippen LogP contribution in [-0.2, 0) is 6.54 Å². The molecule has 8 nitrogen and oxygen atoms in total. The van der Waals surface area contributed by atoms with Crippen molar-refractivity contribution in [2.45, 2.75) is 13.5 Å². The molecular formula is C12H11N5O3. The third kappa shape index (κ3) is 1.87. The summed E-state index contributed by atoms with van der Waals surface area (Å²) in [5.74, 6) is 0.164. The molecule has 0 atom stereocenters. The van der Waals surface area contributed by atoms with Crippen molar-refractivity contribution in [3.05, 3.63) is 35.8 Å². The molecule has 3 aromatic rings. The third-order valence-electron chi connectivity index (χ3n) is 2.95. The van der Waals surface area contributed by atoms with E-state index in [9.17, 15) is 4.79 Å². The van der Waals surface area contributed by atoms with E-state index in [-0.39, 0.29) is 5.56 Å². The van der Waals surface area contributed by atoms with Gasteiger partial charge in [-0.05, 0) is 13.0 Å². The van der Waals surface area contributed by atoms with E-state index in [0.717, 1.165) is 0 Å². The number of aromatic carboxylic acids is 1. The van der Waals surface area contributed by atoms with E-state index in [4.69, 9.17) is 15.3 Å². The lowest BCUT2D eigenvalue weighted by Gasteiger charge is -2.00. The Bertz CT molecular complexity index is 805. The maximum Gasteiger partial charge on any atom is 0.339 e. The van der Waals surface area contributed by atoms with E-state index >= 15 is 0 Å². The number of aromatic nitrogens is 4. The summed E-state index contributed by atoms with van der Waals surface area (Å²) in [5.41, 5.74) is 6.94. The lowest BCUT2D eigenvalue weighted by Crippen LogP contribution is -2.00. The Kier molecular flexibility index (Phi) is 2.63. The fourth-order valence-corrected chi connectivity index (χ4v) is 2.02. The number of rotatable bonds is 3. The number of hydrogen-bond acceptors (Lipinski definition) is 6. The van der Waals surface area contributed by atoms with Crippen LogP contribution in [0.25, 0.3) is 11.2 Å². The zero-order valence-corrected chi connectivity index (χ0v) is 10.6. The number of fused-ring (bicyclic) bond motifs is 1. The van der Waals surface area contributed by atoms with Gasteiger partial charge in [-0.3, -0.25) is 0 Å². The minimum Gasteiger partial charge on any atom is -0.478 e. The van der Waals surface area contributed by atoms with Crippen LogP contribution in [0.4, 0.5) is 5.82 Å². The number of carboxylic acid groups (broad SMARTS) is 1. The summed E-state index contributed by atoms with van der Waals surface area (Å²) in [4.78, 5) is 23.1. The van der Waals surface area contributed by atoms with Crippen LogP contribution in [0.3, 0.4) is 0 Å². The van der Waals surface area contributed by atoms with Gasteiger partial charge >= 0.3 is 5.97 Å². The van der Waals surface area contributed by atoms with E-state index in [1.54, 1.807) is 17.8 Å². The average molecular weight is 273 g/mol. The largest absolute Gasteiger partial charge is 0.478 e. The Morgan fingerprint density at radius 3 is 2.95 bits per heavy atom. The molecule has 0 aliphatic carbocycles. The molecule has 0 aromatic carbocycles. The lowest BCUT2D eigenvalue weighted by atomic mass is 10.2. The van der Waals surface area contributed by atoms with Crippen molar-refractivity contribution in [2.75, 3.05) is 5.73 Å². The molecule has 3 N–H and O–H groups in total. The van der Waals surface area contributed by atoms with Crippen molar-refractivity contribution >= 4 is 23.0 Å². The Hall–Kier alpha value is -2.90. The van der Waals surface area contributed by atoms with Gasteiger partial charge in [0.15, 0.2) is 11.5 Å². The molecule has 0 spiro atoms. The highest BCUT2D eigenvalue weighted by atomic mass is 16.4. The molecule has 0 aliphatic rings. The van der Waals surface area contributed by atoms with Gasteiger partial charge in [-0.2, -0.15) is 0 Å². The number of furan rings is 1. The highest BCUT2D eigenvalue weighted by Gasteiger charge is 2.15. The monoisotopic (exact) mass is 273 g/mol. The Balaban J connectivity index is 1.99. The van der Waals surface area contributed by atoms with Crippen LogP contribution < -0.4 is 5.73 Å². The number of carboxylic acids is 1. The first-order valence-electron chi connectivity index (χ1n) is 5.80. The summed E-state index contributed by atoms with van der Waals surface area (Å²) in [7, 11) is 0. The third-order valence-corrected chi connectivity index (χ3v) is 2.95. The van der Waals surface area contributed by atoms with Crippen LogP contribution in [0.1, 0.15) is 21.9 Å². The summed E-state index contributed by atoms with van der Waals surface area (Å²) in [6, 6.07) is 1.49. The van der Waals surface area contributed by atoms with Gasteiger partial charge in [0.1, 0.15) is 28.9 Å². The summed E-state index contributed by atoms with van der Waals surface area (Å²) in [6.45, 7) is 1.93. The summed E-state index contributed by atoms with van der Waals surface area (Å²) in [6.07, 6.45) is 2.92. The van der Waals surface area contributed by atoms with Gasteiger partial charge in [-0.25, -0.2) is 19.7 Å². The molecule has 3 heterocycles. The molecule has 0 saturated carbocycles. The zero-order chi connectivity index (χ0) is 14.3. The fourth-order valence-electron chi connectivity index (χ4n) is 2.02. The number of hydrogen-bond donors (Lipinski definition) is 2. The Morgan fingerprint density at radius 1 is 1.45 bits per heavy atom. The lowest BCUT2D eigenvalue weighted by molar-refractivity contribution is 0.0695. The molecule has 0 radical (unpaired) electrons. The highest BCUT2D eigenvalue weighted by Crippen LogP contribution is 2.19. The van der Waals surface area contributed by atoms with Crippen LogP contribution >= 0.6 is 0 Å². The number of anilines is 1. The van der Waals surface area contributed by atoms with Gasteiger partial charge in [0.25, 0.3) is 0 Å². The standard InChI is InChI=1S/C12H11N5O3/c1-6-8(12(18)19)2-7(20-6)3-17-5-16-9-10(13)14-4-15-11(9)17/h2,4-5H,3H2,1H3,(H,18,19)(H2,13,14,15). The van der Waals surface area contributed by atoms with Crippen LogP contribution in [0.5, 0.6) is 0 Å². The SMILES string of the molecule is Cc1oc(Cn2cnc3c(N)ncnc32)cc1C(=O)O. The van der Waals surface area contributed by atoms with E-state index in [1.165, 1.54) is 12.4 Å². The van der Waals surface area contributed by atoms with Crippen LogP contribution in [0, 0.1) is 6.92 Å². The van der Waals surface area contributed by atoms with Crippen molar-refractivity contribution in [1.82, 2.24) is 19.5 Å². The quantitative estimate of drug-likeness (QED) is 0.731. The number of carbonyl (C=O) groups is 1. The van der Waals surface area contributed by atoms with Gasteiger partial charge in [0.2, 0.25) is 0 Å². The molecule has 3 aromatic heterocycles. The van der Waals surface area contributed by atoms with Crippen molar-refractivity contribution in [3.63, 3.8) is 0 Å². The number of imidazole rings is 1. The topological polar surface area (TPSA) is 120 Å². The van der Waals surface area contributed by atoms with Gasteiger partial charge in [-0.15, -0.1) is 0 Å². The molecule has 0 saturated heterocycles. The summed E-state index contributed by atoms with van der Waals surface area (Å²) < 4.78 is 7.14. The van der Waals surface area contributed by atoms with Crippen molar-refractivity contribution < 1.29 is 14.3 Å². The van der Waals surface area contributed by atoms with Gasteiger partial charge in [0, 0.05) is 0 Å². The van der Waals surface area contributed by atoms with Crippen LogP contribution in [0.15, 0.2) is 23.1 Å². The van der Waals surface area contributed by atoms with Gasteiger partial charge in [0.05, 0.1) is 12.9 Å². The number of nitrogen functional groups attached to an aromatic ring is 1. The van der Waals surface area contributed by atoms with E-state index in [2.05, 4.69) is 15.0 Å². The second kappa shape index (κ2) is 4.34. The van der Waals surface area contributed by atoms with Crippen LogP contribution in [-0.4, -0.2) is 30.6 Å². The number of nitrogens with two attached hydrogens (primary N) is 1. The molecule has 0 amide bonds. The molecule has 8 heteroatoms. The minimum absolute atomic E-state index is 0.151. The zero-order valence-electron chi connectivity index (χ0n) is 10.6. The Labute approximate surface area is 112 Å². The predicted octanol–water partition coefficient (Wildman–Crippen LogP) is 1.06. The van der Waals surface area contributed by atoms with Crippen molar-refractivity contribution in [1.29, 1.82) is 0 Å². The van der Waals surface area contributed by atoms with Gasteiger partial charge < -0.3 is 19.8 Å². The molecule has 102 valence electrons. The summed E-state index contributed by atoms with van der Waals surface area (Å²) in [5, 5.41) is 9.00. The second-order valence-electron chi connectivity index (χ2n) is 4.29. The maximum absolute atomic E-state index is 11.0. The average Bonchev–Trinajstić information content (AvgIpc) is 2.95. The van der Waals surface area contributed by atoms with Crippen LogP contribution in [0.2, 0.25) is 0 Å². The normalized spacial score (nSPS) is 11.1.